The Morgan fingerprint density at radius 2 is 0.900 bits per heavy atom. The van der Waals surface area contributed by atoms with E-state index in [0.29, 0.717) is 0 Å². The summed E-state index contributed by atoms with van der Waals surface area (Å²) in [6.07, 6.45) is 0. The van der Waals surface area contributed by atoms with Crippen molar-refractivity contribution in [1.29, 1.82) is 0 Å². The Morgan fingerprint density at radius 3 is 1.23 bits per heavy atom. The van der Waals surface area contributed by atoms with E-state index in [4.69, 9.17) is 0 Å². The summed E-state index contributed by atoms with van der Waals surface area (Å²) in [4.78, 5) is 73.6. The normalized spacial score (nSPS) is 11.7. The number of carbonyl (C=O) groups is 4. The van der Waals surface area contributed by atoms with E-state index < -0.39 is 33.2 Å². The van der Waals surface area contributed by atoms with E-state index in [1.165, 1.54) is 48.5 Å². The molecule has 0 radical (unpaired) electrons. The Balaban J connectivity index is 1.54. The Bertz CT molecular complexity index is 1630. The first kappa shape index (κ1) is 25.6. The van der Waals surface area contributed by atoms with Crippen molar-refractivity contribution in [2.45, 2.75) is 0 Å². The average molecular weight is 536 g/mol. The molecule has 4 aromatic carbocycles. The molecule has 1 aliphatic rings. The van der Waals surface area contributed by atoms with E-state index in [1.54, 1.807) is 12.1 Å². The van der Waals surface area contributed by atoms with Crippen LogP contribution in [0.3, 0.4) is 0 Å². The van der Waals surface area contributed by atoms with Crippen molar-refractivity contribution >= 4 is 46.1 Å². The number of amides is 2. The molecule has 2 amide bonds. The number of non-ortho nitro benzene ring substituents is 2. The molecule has 2 N–H and O–H groups in total. The van der Waals surface area contributed by atoms with Gasteiger partial charge < -0.3 is 10.6 Å². The topological polar surface area (TPSA) is 179 Å². The van der Waals surface area contributed by atoms with Gasteiger partial charge >= 0.3 is 0 Å². The van der Waals surface area contributed by atoms with Gasteiger partial charge in [0.05, 0.1) is 32.3 Å². The van der Waals surface area contributed by atoms with Gasteiger partial charge in [0.25, 0.3) is 23.2 Å². The summed E-state index contributed by atoms with van der Waals surface area (Å²) in [7, 11) is 0. The van der Waals surface area contributed by atoms with E-state index >= 15 is 0 Å². The number of carbonyl (C=O) groups excluding carboxylic acids is 4. The van der Waals surface area contributed by atoms with Crippen LogP contribution in [0.15, 0.2) is 84.9 Å². The minimum absolute atomic E-state index is 0.000425. The van der Waals surface area contributed by atoms with Crippen molar-refractivity contribution < 1.29 is 29.0 Å². The molecule has 40 heavy (non-hydrogen) atoms. The van der Waals surface area contributed by atoms with Crippen molar-refractivity contribution in [1.82, 2.24) is 0 Å². The lowest BCUT2D eigenvalue weighted by atomic mass is 9.82. The van der Waals surface area contributed by atoms with Gasteiger partial charge in [-0.25, -0.2) is 0 Å². The molecule has 0 aromatic heterocycles. The summed E-state index contributed by atoms with van der Waals surface area (Å²) < 4.78 is 0. The second-order valence-corrected chi connectivity index (χ2v) is 8.63. The molecule has 0 saturated heterocycles. The molecule has 0 saturated carbocycles. The third-order valence-corrected chi connectivity index (χ3v) is 6.25. The summed E-state index contributed by atoms with van der Waals surface area (Å²) in [5, 5.41) is 27.0. The van der Waals surface area contributed by atoms with Crippen molar-refractivity contribution in [3.8, 4) is 0 Å². The molecule has 5 rings (SSSR count). The molecule has 12 nitrogen and oxygen atoms in total. The van der Waals surface area contributed by atoms with Gasteiger partial charge in [0, 0.05) is 46.5 Å². The molecule has 1 aliphatic carbocycles. The smallest absolute Gasteiger partial charge is 0.269 e. The highest BCUT2D eigenvalue weighted by Crippen LogP contribution is 2.37. The van der Waals surface area contributed by atoms with Crippen LogP contribution in [0.4, 0.5) is 22.7 Å². The fourth-order valence-electron chi connectivity index (χ4n) is 4.29. The van der Waals surface area contributed by atoms with E-state index in [2.05, 4.69) is 10.6 Å². The molecule has 0 aliphatic heterocycles. The number of nitrogens with zero attached hydrogens (tertiary/aromatic N) is 2. The third kappa shape index (κ3) is 4.56. The van der Waals surface area contributed by atoms with Crippen LogP contribution in [-0.2, 0) is 0 Å². The summed E-state index contributed by atoms with van der Waals surface area (Å²) in [6, 6.07) is 18.5. The highest BCUT2D eigenvalue weighted by Gasteiger charge is 2.34. The minimum atomic E-state index is -0.682. The van der Waals surface area contributed by atoms with Gasteiger partial charge in [0.2, 0.25) is 0 Å². The quantitative estimate of drug-likeness (QED) is 0.230. The SMILES string of the molecule is O=C(Nc1ccc(NC(=O)c2ccc([N+](=O)[O-])cc2)c2c1C(=O)c1ccccc1C2=O)c1ccc([N+](=O)[O-])cc1. The monoisotopic (exact) mass is 536 g/mol. The fraction of sp³-hybridized carbons (Fsp3) is 0. The Kier molecular flexibility index (Phi) is 6.41. The van der Waals surface area contributed by atoms with Crippen LogP contribution in [0.1, 0.15) is 52.6 Å². The van der Waals surface area contributed by atoms with Crippen LogP contribution >= 0.6 is 0 Å². The second kappa shape index (κ2) is 10.0. The van der Waals surface area contributed by atoms with Gasteiger partial charge in [0.1, 0.15) is 0 Å². The summed E-state index contributed by atoms with van der Waals surface area (Å²) >= 11 is 0. The molecule has 12 heteroatoms. The summed E-state index contributed by atoms with van der Waals surface area (Å²) in [5.41, 5.74) is -0.317. The van der Waals surface area contributed by atoms with Crippen molar-refractivity contribution in [3.05, 3.63) is 139 Å². The molecule has 0 heterocycles. The number of hydrogen-bond donors (Lipinski definition) is 2. The van der Waals surface area contributed by atoms with Crippen molar-refractivity contribution in [2.75, 3.05) is 10.6 Å². The van der Waals surface area contributed by atoms with Gasteiger partial charge in [-0.05, 0) is 36.4 Å². The van der Waals surface area contributed by atoms with Crippen LogP contribution in [-0.4, -0.2) is 33.2 Å². The van der Waals surface area contributed by atoms with Gasteiger partial charge in [0.15, 0.2) is 11.6 Å². The summed E-state index contributed by atoms with van der Waals surface area (Å²) in [5.74, 6) is -2.48. The number of nitro groups is 2. The zero-order valence-corrected chi connectivity index (χ0v) is 20.2. The molecular formula is C28H16N4O8. The molecule has 4 aromatic rings. The number of anilines is 2. The Labute approximate surface area is 224 Å². The number of benzene rings is 4. The first-order chi connectivity index (χ1) is 19.2. The van der Waals surface area contributed by atoms with Crippen molar-refractivity contribution in [2.24, 2.45) is 0 Å². The molecule has 196 valence electrons. The zero-order chi connectivity index (χ0) is 28.6. The van der Waals surface area contributed by atoms with Crippen molar-refractivity contribution in [3.63, 3.8) is 0 Å². The average Bonchev–Trinajstić information content (AvgIpc) is 2.96. The van der Waals surface area contributed by atoms with Gasteiger partial charge in [-0.1, -0.05) is 24.3 Å². The molecule has 0 unspecified atom stereocenters. The predicted octanol–water partition coefficient (Wildman–Crippen LogP) is 4.78. The number of nitro benzene ring substituents is 2. The third-order valence-electron chi connectivity index (χ3n) is 6.25. The number of fused-ring (bicyclic) bond motifs is 2. The van der Waals surface area contributed by atoms with Crippen LogP contribution in [0.25, 0.3) is 0 Å². The first-order valence-corrected chi connectivity index (χ1v) is 11.6. The Hall–Kier alpha value is -6.04. The van der Waals surface area contributed by atoms with Crippen LogP contribution in [0.5, 0.6) is 0 Å². The summed E-state index contributed by atoms with van der Waals surface area (Å²) in [6.45, 7) is 0. The molecule has 0 fully saturated rings. The molecule has 0 atom stereocenters. The van der Waals surface area contributed by atoms with Gasteiger partial charge in [-0.15, -0.1) is 0 Å². The van der Waals surface area contributed by atoms with Gasteiger partial charge in [-0.3, -0.25) is 39.4 Å². The van der Waals surface area contributed by atoms with E-state index in [9.17, 15) is 39.4 Å². The number of ketones is 2. The van der Waals surface area contributed by atoms with Gasteiger partial charge in [-0.2, -0.15) is 0 Å². The maximum atomic E-state index is 13.6. The lowest BCUT2D eigenvalue weighted by Crippen LogP contribution is -2.26. The standard InChI is InChI=1S/C28H16N4O8/c33-25-19-3-1-2-4-20(19)26(34)24-22(30-28(36)16-7-11-18(12-8-16)32(39)40)14-13-21(23(24)25)29-27(35)15-5-9-17(10-6-15)31(37)38/h1-14H,(H,29,35)(H,30,36). The lowest BCUT2D eigenvalue weighted by Gasteiger charge is -2.23. The molecule has 0 spiro atoms. The number of rotatable bonds is 6. The highest BCUT2D eigenvalue weighted by molar-refractivity contribution is 6.33. The lowest BCUT2D eigenvalue weighted by molar-refractivity contribution is -0.385. The number of hydrogen-bond acceptors (Lipinski definition) is 8. The van der Waals surface area contributed by atoms with Crippen LogP contribution in [0, 0.1) is 20.2 Å². The highest BCUT2D eigenvalue weighted by atomic mass is 16.6. The maximum Gasteiger partial charge on any atom is 0.269 e. The zero-order valence-electron chi connectivity index (χ0n) is 20.2. The van der Waals surface area contributed by atoms with E-state index in [1.807, 2.05) is 0 Å². The second-order valence-electron chi connectivity index (χ2n) is 8.63. The predicted molar refractivity (Wildman–Crippen MR) is 142 cm³/mol. The fourth-order valence-corrected chi connectivity index (χ4v) is 4.29. The van der Waals surface area contributed by atoms with E-state index in [-0.39, 0.29) is 56.1 Å². The first-order valence-electron chi connectivity index (χ1n) is 11.6. The molecule has 0 bridgehead atoms. The molecular weight excluding hydrogens is 520 g/mol. The van der Waals surface area contributed by atoms with Crippen LogP contribution < -0.4 is 10.6 Å². The van der Waals surface area contributed by atoms with E-state index in [0.717, 1.165) is 24.3 Å². The Morgan fingerprint density at radius 1 is 0.550 bits per heavy atom. The maximum absolute atomic E-state index is 13.6. The minimum Gasteiger partial charge on any atom is -0.321 e. The number of nitrogens with one attached hydrogen (secondary N) is 2. The largest absolute Gasteiger partial charge is 0.321 e. The van der Waals surface area contributed by atoms with Crippen LogP contribution in [0.2, 0.25) is 0 Å².